The smallest absolute Gasteiger partial charge is 0.263 e. The molecule has 7 heteroatoms. The van der Waals surface area contributed by atoms with Crippen LogP contribution >= 0.6 is 11.3 Å². The molecule has 1 unspecified atom stereocenters. The highest BCUT2D eigenvalue weighted by atomic mass is 32.1. The third kappa shape index (κ3) is 3.53. The quantitative estimate of drug-likeness (QED) is 0.695. The fourth-order valence-corrected chi connectivity index (χ4v) is 4.00. The Morgan fingerprint density at radius 1 is 1.31 bits per heavy atom. The van der Waals surface area contributed by atoms with Gasteiger partial charge in [0.2, 0.25) is 11.7 Å². The first-order valence-corrected chi connectivity index (χ1v) is 9.49. The number of halogens is 1. The number of hydrogen-bond donors (Lipinski definition) is 0. The standard InChI is InChI=1S/C19H18FN3O2S/c20-15-7-2-1-6-14(15)18-21-17(25-22-18)11-13-5-3-9-23(12-13)19(24)16-8-4-10-26-16/h1-2,4,6-8,10,13H,3,5,9,11-12H2. The molecule has 1 saturated heterocycles. The molecule has 0 N–H and O–H groups in total. The number of hydrogen-bond acceptors (Lipinski definition) is 5. The van der Waals surface area contributed by atoms with E-state index in [0.29, 0.717) is 24.4 Å². The Labute approximate surface area is 154 Å². The zero-order chi connectivity index (χ0) is 17.9. The summed E-state index contributed by atoms with van der Waals surface area (Å²) >= 11 is 1.46. The lowest BCUT2D eigenvalue weighted by Crippen LogP contribution is -2.40. The summed E-state index contributed by atoms with van der Waals surface area (Å²) in [4.78, 5) is 19.5. The summed E-state index contributed by atoms with van der Waals surface area (Å²) in [6.07, 6.45) is 2.55. The van der Waals surface area contributed by atoms with Gasteiger partial charge in [0, 0.05) is 19.5 Å². The van der Waals surface area contributed by atoms with E-state index in [1.807, 2.05) is 22.4 Å². The summed E-state index contributed by atoms with van der Waals surface area (Å²) in [5.41, 5.74) is 0.334. The fourth-order valence-electron chi connectivity index (χ4n) is 3.31. The molecule has 26 heavy (non-hydrogen) atoms. The average molecular weight is 371 g/mol. The minimum Gasteiger partial charge on any atom is -0.339 e. The summed E-state index contributed by atoms with van der Waals surface area (Å²) < 4.78 is 19.2. The molecule has 0 radical (unpaired) electrons. The topological polar surface area (TPSA) is 59.2 Å². The van der Waals surface area contributed by atoms with E-state index in [2.05, 4.69) is 10.1 Å². The highest BCUT2D eigenvalue weighted by Gasteiger charge is 2.26. The molecule has 1 aliphatic heterocycles. The van der Waals surface area contributed by atoms with Gasteiger partial charge < -0.3 is 9.42 Å². The molecule has 0 aliphatic carbocycles. The molecule has 2 aromatic heterocycles. The van der Waals surface area contributed by atoms with Crippen LogP contribution in [0.5, 0.6) is 0 Å². The maximum Gasteiger partial charge on any atom is 0.263 e. The van der Waals surface area contributed by atoms with Gasteiger partial charge in [0.15, 0.2) is 0 Å². The van der Waals surface area contributed by atoms with Gasteiger partial charge in [0.1, 0.15) is 5.82 Å². The van der Waals surface area contributed by atoms with Gasteiger partial charge in [-0.2, -0.15) is 4.98 Å². The van der Waals surface area contributed by atoms with Crippen molar-refractivity contribution in [3.05, 3.63) is 58.4 Å². The maximum absolute atomic E-state index is 13.9. The largest absolute Gasteiger partial charge is 0.339 e. The van der Waals surface area contributed by atoms with E-state index < -0.39 is 0 Å². The van der Waals surface area contributed by atoms with Gasteiger partial charge in [0.05, 0.1) is 10.4 Å². The second-order valence-electron chi connectivity index (χ2n) is 6.43. The zero-order valence-corrected chi connectivity index (χ0v) is 14.9. The number of piperidine rings is 1. The summed E-state index contributed by atoms with van der Waals surface area (Å²) in [6.45, 7) is 1.45. The number of thiophene rings is 1. The number of aromatic nitrogens is 2. The molecule has 3 heterocycles. The van der Waals surface area contributed by atoms with Crippen molar-refractivity contribution in [3.8, 4) is 11.4 Å². The van der Waals surface area contributed by atoms with E-state index in [9.17, 15) is 9.18 Å². The van der Waals surface area contributed by atoms with Crippen LogP contribution in [0.3, 0.4) is 0 Å². The summed E-state index contributed by atoms with van der Waals surface area (Å²) in [5.74, 6) is 0.730. The molecule has 0 spiro atoms. The first kappa shape index (κ1) is 16.9. The third-order valence-corrected chi connectivity index (χ3v) is 5.44. The molecule has 1 atom stereocenters. The Morgan fingerprint density at radius 2 is 2.19 bits per heavy atom. The molecule has 5 nitrogen and oxygen atoms in total. The first-order chi connectivity index (χ1) is 12.7. The van der Waals surface area contributed by atoms with E-state index in [1.165, 1.54) is 17.4 Å². The minimum absolute atomic E-state index is 0.0854. The van der Waals surface area contributed by atoms with Crippen LogP contribution in [0.4, 0.5) is 4.39 Å². The van der Waals surface area contributed by atoms with Gasteiger partial charge in [0.25, 0.3) is 5.91 Å². The Kier molecular flexibility index (Phi) is 4.79. The van der Waals surface area contributed by atoms with Crippen LogP contribution in [-0.2, 0) is 6.42 Å². The fraction of sp³-hybridized carbons (Fsp3) is 0.316. The van der Waals surface area contributed by atoms with Crippen molar-refractivity contribution in [2.45, 2.75) is 19.3 Å². The molecule has 134 valence electrons. The van der Waals surface area contributed by atoms with Crippen molar-refractivity contribution >= 4 is 17.2 Å². The van der Waals surface area contributed by atoms with Gasteiger partial charge >= 0.3 is 0 Å². The van der Waals surface area contributed by atoms with Crippen molar-refractivity contribution < 1.29 is 13.7 Å². The number of likely N-dealkylation sites (tertiary alicyclic amines) is 1. The lowest BCUT2D eigenvalue weighted by molar-refractivity contribution is 0.0673. The predicted octanol–water partition coefficient (Wildman–Crippen LogP) is 4.03. The molecule has 4 rings (SSSR count). The molecule has 1 aliphatic rings. The molecule has 1 aromatic carbocycles. The van der Waals surface area contributed by atoms with Gasteiger partial charge in [-0.05, 0) is 42.3 Å². The Hall–Kier alpha value is -2.54. The number of carbonyl (C=O) groups is 1. The Balaban J connectivity index is 1.43. The van der Waals surface area contributed by atoms with Crippen LogP contribution in [0.15, 0.2) is 46.3 Å². The number of rotatable bonds is 4. The van der Waals surface area contributed by atoms with Gasteiger partial charge in [-0.25, -0.2) is 4.39 Å². The molecule has 1 amide bonds. The summed E-state index contributed by atoms with van der Waals surface area (Å²) in [7, 11) is 0. The number of amides is 1. The highest BCUT2D eigenvalue weighted by molar-refractivity contribution is 7.12. The van der Waals surface area contributed by atoms with Crippen molar-refractivity contribution in [3.63, 3.8) is 0 Å². The predicted molar refractivity (Wildman–Crippen MR) is 96.3 cm³/mol. The molecule has 0 saturated carbocycles. The van der Waals surface area contributed by atoms with E-state index in [0.717, 1.165) is 24.3 Å². The van der Waals surface area contributed by atoms with Crippen LogP contribution in [0.25, 0.3) is 11.4 Å². The van der Waals surface area contributed by atoms with E-state index in [1.54, 1.807) is 18.2 Å². The van der Waals surface area contributed by atoms with Crippen molar-refractivity contribution in [2.24, 2.45) is 5.92 Å². The average Bonchev–Trinajstić information content (AvgIpc) is 3.34. The molecular weight excluding hydrogens is 353 g/mol. The SMILES string of the molecule is O=C(c1cccs1)N1CCCC(Cc2nc(-c3ccccc3F)no2)C1. The van der Waals surface area contributed by atoms with Gasteiger partial charge in [-0.15, -0.1) is 11.3 Å². The number of benzene rings is 1. The van der Waals surface area contributed by atoms with Crippen LogP contribution in [0.2, 0.25) is 0 Å². The molecule has 1 fully saturated rings. The molecular formula is C19H18FN3O2S. The van der Waals surface area contributed by atoms with Crippen molar-refractivity contribution in [1.29, 1.82) is 0 Å². The van der Waals surface area contributed by atoms with Crippen LogP contribution in [0.1, 0.15) is 28.4 Å². The van der Waals surface area contributed by atoms with Crippen LogP contribution < -0.4 is 0 Å². The highest BCUT2D eigenvalue weighted by Crippen LogP contribution is 2.25. The van der Waals surface area contributed by atoms with Crippen LogP contribution in [-0.4, -0.2) is 34.0 Å². The van der Waals surface area contributed by atoms with E-state index >= 15 is 0 Å². The number of carbonyl (C=O) groups excluding carboxylic acids is 1. The van der Waals surface area contributed by atoms with Crippen molar-refractivity contribution in [2.75, 3.05) is 13.1 Å². The van der Waals surface area contributed by atoms with E-state index in [-0.39, 0.29) is 23.5 Å². The minimum atomic E-state index is -0.370. The van der Waals surface area contributed by atoms with Crippen molar-refractivity contribution in [1.82, 2.24) is 15.0 Å². The third-order valence-electron chi connectivity index (χ3n) is 4.58. The Bertz CT molecular complexity index is 894. The number of nitrogens with zero attached hydrogens (tertiary/aromatic N) is 3. The second-order valence-corrected chi connectivity index (χ2v) is 7.38. The maximum atomic E-state index is 13.9. The lowest BCUT2D eigenvalue weighted by atomic mass is 9.94. The summed E-state index contributed by atoms with van der Waals surface area (Å²) in [6, 6.07) is 10.1. The van der Waals surface area contributed by atoms with E-state index in [4.69, 9.17) is 4.52 Å². The monoisotopic (exact) mass is 371 g/mol. The summed E-state index contributed by atoms with van der Waals surface area (Å²) in [5, 5.41) is 5.82. The van der Waals surface area contributed by atoms with Gasteiger partial charge in [-0.1, -0.05) is 23.4 Å². The van der Waals surface area contributed by atoms with Gasteiger partial charge in [-0.3, -0.25) is 4.79 Å². The normalized spacial score (nSPS) is 17.4. The second kappa shape index (κ2) is 7.37. The zero-order valence-electron chi connectivity index (χ0n) is 14.1. The van der Waals surface area contributed by atoms with Crippen LogP contribution in [0, 0.1) is 11.7 Å². The molecule has 0 bridgehead atoms. The molecule has 3 aromatic rings. The Morgan fingerprint density at radius 3 is 3.00 bits per heavy atom. The first-order valence-electron chi connectivity index (χ1n) is 8.61. The lowest BCUT2D eigenvalue weighted by Gasteiger charge is -2.31.